The third-order valence-corrected chi connectivity index (χ3v) is 4.72. The van der Waals surface area contributed by atoms with E-state index in [2.05, 4.69) is 10.6 Å². The molecule has 5 heteroatoms. The fourth-order valence-electron chi connectivity index (χ4n) is 2.89. The van der Waals surface area contributed by atoms with Gasteiger partial charge in [-0.15, -0.1) is 0 Å². The molecule has 1 aromatic carbocycles. The number of anilines is 1. The number of amides is 2. The first-order valence-electron chi connectivity index (χ1n) is 9.32. The number of rotatable bonds is 7. The largest absolute Gasteiger partial charge is 0.378 e. The van der Waals surface area contributed by atoms with E-state index in [4.69, 9.17) is 4.74 Å². The number of hydrogen-bond donors (Lipinski definition) is 2. The van der Waals surface area contributed by atoms with Crippen molar-refractivity contribution >= 4 is 17.5 Å². The van der Waals surface area contributed by atoms with E-state index in [0.29, 0.717) is 12.0 Å². The highest BCUT2D eigenvalue weighted by atomic mass is 16.5. The molecule has 0 bridgehead atoms. The SMILES string of the molecule is CCC(C)NC(=O)c1ccc(NC(=O)CCC2CCCCO2)c(C)c1. The monoisotopic (exact) mass is 346 g/mol. The maximum atomic E-state index is 12.2. The van der Waals surface area contributed by atoms with Crippen LogP contribution in [-0.4, -0.2) is 30.6 Å². The number of carbonyl (C=O) groups excluding carboxylic acids is 2. The Hall–Kier alpha value is -1.88. The van der Waals surface area contributed by atoms with E-state index in [1.807, 2.05) is 26.8 Å². The van der Waals surface area contributed by atoms with Crippen LogP contribution >= 0.6 is 0 Å². The van der Waals surface area contributed by atoms with Gasteiger partial charge in [-0.3, -0.25) is 9.59 Å². The Morgan fingerprint density at radius 1 is 1.32 bits per heavy atom. The second-order valence-corrected chi connectivity index (χ2v) is 6.89. The molecule has 2 amide bonds. The topological polar surface area (TPSA) is 67.4 Å². The molecule has 2 N–H and O–H groups in total. The van der Waals surface area contributed by atoms with E-state index in [0.717, 1.165) is 43.5 Å². The van der Waals surface area contributed by atoms with Crippen LogP contribution in [0.2, 0.25) is 0 Å². The van der Waals surface area contributed by atoms with Crippen LogP contribution in [0.1, 0.15) is 68.3 Å². The Morgan fingerprint density at radius 3 is 2.76 bits per heavy atom. The molecule has 1 heterocycles. The van der Waals surface area contributed by atoms with Crippen molar-refractivity contribution in [1.29, 1.82) is 0 Å². The Bertz CT molecular complexity index is 595. The molecule has 1 fully saturated rings. The van der Waals surface area contributed by atoms with Crippen molar-refractivity contribution in [3.8, 4) is 0 Å². The highest BCUT2D eigenvalue weighted by Gasteiger charge is 2.16. The van der Waals surface area contributed by atoms with E-state index in [1.54, 1.807) is 12.1 Å². The van der Waals surface area contributed by atoms with Gasteiger partial charge < -0.3 is 15.4 Å². The summed E-state index contributed by atoms with van der Waals surface area (Å²) in [7, 11) is 0. The summed E-state index contributed by atoms with van der Waals surface area (Å²) in [6.45, 7) is 6.73. The van der Waals surface area contributed by atoms with Gasteiger partial charge in [0.05, 0.1) is 6.10 Å². The molecule has 0 aromatic heterocycles. The van der Waals surface area contributed by atoms with Crippen molar-refractivity contribution in [2.24, 2.45) is 0 Å². The summed E-state index contributed by atoms with van der Waals surface area (Å²) in [5.41, 5.74) is 2.26. The van der Waals surface area contributed by atoms with Crippen LogP contribution in [0.5, 0.6) is 0 Å². The van der Waals surface area contributed by atoms with Crippen molar-refractivity contribution < 1.29 is 14.3 Å². The van der Waals surface area contributed by atoms with Crippen molar-refractivity contribution in [3.05, 3.63) is 29.3 Å². The summed E-state index contributed by atoms with van der Waals surface area (Å²) in [5.74, 6) is -0.0844. The quantitative estimate of drug-likeness (QED) is 0.789. The lowest BCUT2D eigenvalue weighted by molar-refractivity contribution is -0.117. The van der Waals surface area contributed by atoms with Gasteiger partial charge in [-0.25, -0.2) is 0 Å². The first-order chi connectivity index (χ1) is 12.0. The Kier molecular flexibility index (Phi) is 7.44. The molecular formula is C20H30N2O3. The first kappa shape index (κ1) is 19.4. The lowest BCUT2D eigenvalue weighted by Gasteiger charge is -2.22. The smallest absolute Gasteiger partial charge is 0.251 e. The van der Waals surface area contributed by atoms with Gasteiger partial charge in [0.1, 0.15) is 0 Å². The second-order valence-electron chi connectivity index (χ2n) is 6.89. The lowest BCUT2D eigenvalue weighted by Crippen LogP contribution is -2.31. The predicted octanol–water partition coefficient (Wildman–Crippen LogP) is 3.81. The molecule has 0 radical (unpaired) electrons. The molecule has 1 saturated heterocycles. The molecule has 25 heavy (non-hydrogen) atoms. The molecule has 1 aliphatic rings. The molecule has 2 rings (SSSR count). The van der Waals surface area contributed by atoms with Gasteiger partial charge in [0.2, 0.25) is 5.91 Å². The van der Waals surface area contributed by atoms with Gasteiger partial charge >= 0.3 is 0 Å². The van der Waals surface area contributed by atoms with E-state index in [1.165, 1.54) is 6.42 Å². The molecule has 2 atom stereocenters. The van der Waals surface area contributed by atoms with Gasteiger partial charge in [0, 0.05) is 30.3 Å². The minimum Gasteiger partial charge on any atom is -0.378 e. The lowest BCUT2D eigenvalue weighted by atomic mass is 10.0. The summed E-state index contributed by atoms with van der Waals surface area (Å²) in [6, 6.07) is 5.52. The molecule has 1 aromatic rings. The Morgan fingerprint density at radius 2 is 2.12 bits per heavy atom. The van der Waals surface area contributed by atoms with Crippen molar-refractivity contribution in [2.75, 3.05) is 11.9 Å². The van der Waals surface area contributed by atoms with Crippen molar-refractivity contribution in [1.82, 2.24) is 5.32 Å². The van der Waals surface area contributed by atoms with Gasteiger partial charge in [-0.2, -0.15) is 0 Å². The molecule has 0 saturated carbocycles. The summed E-state index contributed by atoms with van der Waals surface area (Å²) >= 11 is 0. The van der Waals surface area contributed by atoms with E-state index in [-0.39, 0.29) is 24.0 Å². The maximum absolute atomic E-state index is 12.2. The van der Waals surface area contributed by atoms with Crippen LogP contribution in [0.25, 0.3) is 0 Å². The molecule has 2 unspecified atom stereocenters. The second kappa shape index (κ2) is 9.56. The van der Waals surface area contributed by atoms with Crippen LogP contribution in [0, 0.1) is 6.92 Å². The van der Waals surface area contributed by atoms with Gasteiger partial charge in [0.25, 0.3) is 5.91 Å². The molecule has 0 spiro atoms. The van der Waals surface area contributed by atoms with Crippen LogP contribution < -0.4 is 10.6 Å². The van der Waals surface area contributed by atoms with Crippen LogP contribution in [0.3, 0.4) is 0 Å². The third-order valence-electron chi connectivity index (χ3n) is 4.72. The number of ether oxygens (including phenoxy) is 1. The molecule has 1 aliphatic heterocycles. The maximum Gasteiger partial charge on any atom is 0.251 e. The molecule has 0 aliphatic carbocycles. The highest BCUT2D eigenvalue weighted by molar-refractivity contribution is 5.96. The van der Waals surface area contributed by atoms with E-state index < -0.39 is 0 Å². The normalized spacial score (nSPS) is 18.4. The van der Waals surface area contributed by atoms with Crippen LogP contribution in [0.15, 0.2) is 18.2 Å². The van der Waals surface area contributed by atoms with Gasteiger partial charge in [-0.1, -0.05) is 6.92 Å². The van der Waals surface area contributed by atoms with Gasteiger partial charge in [-0.05, 0) is 69.7 Å². The summed E-state index contributed by atoms with van der Waals surface area (Å²) in [6.07, 6.45) is 5.69. The highest BCUT2D eigenvalue weighted by Crippen LogP contribution is 2.19. The number of aryl methyl sites for hydroxylation is 1. The molecular weight excluding hydrogens is 316 g/mol. The number of benzene rings is 1. The zero-order valence-electron chi connectivity index (χ0n) is 15.6. The summed E-state index contributed by atoms with van der Waals surface area (Å²) in [4.78, 5) is 24.3. The summed E-state index contributed by atoms with van der Waals surface area (Å²) in [5, 5.41) is 5.89. The van der Waals surface area contributed by atoms with Crippen molar-refractivity contribution in [2.45, 2.75) is 71.4 Å². The fraction of sp³-hybridized carbons (Fsp3) is 0.600. The predicted molar refractivity (Wildman–Crippen MR) is 99.9 cm³/mol. The van der Waals surface area contributed by atoms with Gasteiger partial charge in [0.15, 0.2) is 0 Å². The Labute approximate surface area is 150 Å². The van der Waals surface area contributed by atoms with Crippen LogP contribution in [-0.2, 0) is 9.53 Å². The minimum absolute atomic E-state index is 0.00548. The number of carbonyl (C=O) groups is 2. The number of hydrogen-bond acceptors (Lipinski definition) is 3. The zero-order chi connectivity index (χ0) is 18.2. The molecule has 138 valence electrons. The minimum atomic E-state index is -0.0789. The Balaban J connectivity index is 1.87. The standard InChI is InChI=1S/C20H30N2O3/c1-4-15(3)21-20(24)16-8-10-18(14(2)13-16)22-19(23)11-9-17-7-5-6-12-25-17/h8,10,13,15,17H,4-7,9,11-12H2,1-3H3,(H,21,24)(H,22,23). The van der Waals surface area contributed by atoms with Crippen molar-refractivity contribution in [3.63, 3.8) is 0 Å². The molecule has 5 nitrogen and oxygen atoms in total. The number of nitrogens with one attached hydrogen (secondary N) is 2. The van der Waals surface area contributed by atoms with E-state index >= 15 is 0 Å². The first-order valence-corrected chi connectivity index (χ1v) is 9.32. The zero-order valence-corrected chi connectivity index (χ0v) is 15.6. The summed E-state index contributed by atoms with van der Waals surface area (Å²) < 4.78 is 5.66. The average molecular weight is 346 g/mol. The van der Waals surface area contributed by atoms with E-state index in [9.17, 15) is 9.59 Å². The average Bonchev–Trinajstić information content (AvgIpc) is 2.62. The fourth-order valence-corrected chi connectivity index (χ4v) is 2.89. The van der Waals surface area contributed by atoms with Crippen LogP contribution in [0.4, 0.5) is 5.69 Å². The third kappa shape index (κ3) is 6.16.